The van der Waals surface area contributed by atoms with Crippen LogP contribution in [0.3, 0.4) is 0 Å². The Bertz CT molecular complexity index is 2850. The number of esters is 2. The van der Waals surface area contributed by atoms with E-state index in [0.717, 1.165) is 55.4 Å². The first-order valence-corrected chi connectivity index (χ1v) is 19.6. The number of ether oxygens (including phenoxy) is 5. The van der Waals surface area contributed by atoms with Crippen LogP contribution >= 0.6 is 0 Å². The molecule has 0 saturated carbocycles. The van der Waals surface area contributed by atoms with Gasteiger partial charge in [0.1, 0.15) is 49.4 Å². The molecule has 0 amide bonds. The molecule has 2 heterocycles. The van der Waals surface area contributed by atoms with Crippen LogP contribution in [-0.2, 0) is 31.2 Å². The first-order valence-electron chi connectivity index (χ1n) is 19.6. The van der Waals surface area contributed by atoms with E-state index < -0.39 is 11.9 Å². The molecule has 0 N–H and O–H groups in total. The van der Waals surface area contributed by atoms with Crippen molar-refractivity contribution < 1.29 is 33.3 Å². The Morgan fingerprint density at radius 1 is 0.483 bits per heavy atom. The first kappa shape index (κ1) is 39.3. The molecule has 0 unspecified atom stereocenters. The molecule has 0 atom stereocenters. The molecule has 298 valence electrons. The van der Waals surface area contributed by atoms with Gasteiger partial charge in [-0.25, -0.2) is 19.6 Å². The monoisotopic (exact) mass is 794 g/mol. The first-order chi connectivity index (χ1) is 29.3. The van der Waals surface area contributed by atoms with Crippen molar-refractivity contribution in [1.29, 1.82) is 0 Å². The summed E-state index contributed by atoms with van der Waals surface area (Å²) in [4.78, 5) is 35.9. The molecule has 0 fully saturated rings. The van der Waals surface area contributed by atoms with E-state index in [0.29, 0.717) is 41.8 Å². The molecule has 8 aromatic rings. The third-order valence-electron chi connectivity index (χ3n) is 10.2. The Balaban J connectivity index is 0.841. The molecule has 0 saturated heterocycles. The number of nitrogens with zero attached hydrogens (tertiary/aromatic N) is 2. The Hall–Kier alpha value is -7.52. The summed E-state index contributed by atoms with van der Waals surface area (Å²) < 4.78 is 29.9. The number of hydrogen-bond acceptors (Lipinski definition) is 9. The SMILES string of the molecule is Cc1cc(OCc2ccc3ccccc3n2)ccc1OCc1cccc(C(=O)OC(=O)c2cccc(COc3cccc(OCc4ccc5ccccc5n4)c3C)c2C)c1. The number of para-hydroxylation sites is 2. The molecular weight excluding hydrogens is 753 g/mol. The van der Waals surface area contributed by atoms with Crippen LogP contribution in [0.25, 0.3) is 21.8 Å². The van der Waals surface area contributed by atoms with Crippen LogP contribution in [-0.4, -0.2) is 21.9 Å². The van der Waals surface area contributed by atoms with Crippen molar-refractivity contribution in [1.82, 2.24) is 9.97 Å². The van der Waals surface area contributed by atoms with Crippen LogP contribution < -0.4 is 18.9 Å². The molecule has 0 spiro atoms. The minimum atomic E-state index is -0.757. The lowest BCUT2D eigenvalue weighted by Crippen LogP contribution is -2.15. The minimum Gasteiger partial charge on any atom is -0.489 e. The van der Waals surface area contributed by atoms with E-state index in [4.69, 9.17) is 28.7 Å². The standard InChI is InChI=1S/C51H42N2O7/c1-33-27-43(56-31-41-23-21-37-12-4-6-17-45(37)52-41)25-26-47(33)57-29-36-11-8-14-39(28-36)50(54)60-51(55)44-16-9-15-40(34(44)2)30-58-48-19-10-20-49(35(48)3)59-32-42-24-22-38-13-5-7-18-46(38)53-42/h4-28H,29-32H2,1-3H3. The number of carbonyl (C=O) groups excluding carboxylic acids is 2. The van der Waals surface area contributed by atoms with E-state index in [1.165, 1.54) is 0 Å². The van der Waals surface area contributed by atoms with Crippen LogP contribution in [0.1, 0.15) is 59.9 Å². The average Bonchev–Trinajstić information content (AvgIpc) is 3.27. The fraction of sp³-hybridized carbons (Fsp3) is 0.137. The van der Waals surface area contributed by atoms with Crippen LogP contribution in [0.5, 0.6) is 23.0 Å². The molecule has 8 rings (SSSR count). The third kappa shape index (κ3) is 9.27. The summed E-state index contributed by atoms with van der Waals surface area (Å²) in [6, 6.07) is 47.3. The van der Waals surface area contributed by atoms with Crippen LogP contribution in [0.4, 0.5) is 0 Å². The lowest BCUT2D eigenvalue weighted by atomic mass is 10.0. The van der Waals surface area contributed by atoms with Crippen LogP contribution in [0, 0.1) is 20.8 Å². The summed E-state index contributed by atoms with van der Waals surface area (Å²) in [6.45, 7) is 6.74. The van der Waals surface area contributed by atoms with E-state index in [2.05, 4.69) is 4.98 Å². The number of aromatic nitrogens is 2. The van der Waals surface area contributed by atoms with Crippen LogP contribution in [0.2, 0.25) is 0 Å². The highest BCUT2D eigenvalue weighted by atomic mass is 16.6. The number of hydrogen-bond donors (Lipinski definition) is 0. The van der Waals surface area contributed by atoms with Crippen molar-refractivity contribution in [3.63, 3.8) is 0 Å². The zero-order chi connectivity index (χ0) is 41.4. The van der Waals surface area contributed by atoms with Gasteiger partial charge in [-0.2, -0.15) is 0 Å². The maximum absolute atomic E-state index is 13.3. The van der Waals surface area contributed by atoms with Gasteiger partial charge in [-0.15, -0.1) is 0 Å². The fourth-order valence-corrected chi connectivity index (χ4v) is 6.83. The third-order valence-corrected chi connectivity index (χ3v) is 10.2. The van der Waals surface area contributed by atoms with Gasteiger partial charge < -0.3 is 23.7 Å². The highest BCUT2D eigenvalue weighted by Crippen LogP contribution is 2.30. The van der Waals surface area contributed by atoms with E-state index in [9.17, 15) is 9.59 Å². The molecule has 0 bridgehead atoms. The summed E-state index contributed by atoms with van der Waals surface area (Å²) in [6.07, 6.45) is 0. The highest BCUT2D eigenvalue weighted by molar-refractivity contribution is 6.03. The average molecular weight is 795 g/mol. The second-order valence-electron chi connectivity index (χ2n) is 14.4. The van der Waals surface area contributed by atoms with Crippen molar-refractivity contribution in [2.75, 3.05) is 0 Å². The van der Waals surface area contributed by atoms with Gasteiger partial charge in [0.15, 0.2) is 0 Å². The van der Waals surface area contributed by atoms with Gasteiger partial charge in [-0.3, -0.25) is 0 Å². The van der Waals surface area contributed by atoms with E-state index in [1.807, 2.05) is 142 Å². The number of benzene rings is 6. The van der Waals surface area contributed by atoms with Gasteiger partial charge in [0.25, 0.3) is 0 Å². The van der Waals surface area contributed by atoms with Gasteiger partial charge in [0, 0.05) is 16.3 Å². The lowest BCUT2D eigenvalue weighted by molar-refractivity contribution is 0.0397. The summed E-state index contributed by atoms with van der Waals surface area (Å²) in [7, 11) is 0. The number of aryl methyl sites for hydroxylation is 1. The lowest BCUT2D eigenvalue weighted by Gasteiger charge is -2.15. The van der Waals surface area contributed by atoms with E-state index >= 15 is 0 Å². The second kappa shape index (κ2) is 18.0. The minimum absolute atomic E-state index is 0.192. The summed E-state index contributed by atoms with van der Waals surface area (Å²) in [5.74, 6) is 1.22. The maximum Gasteiger partial charge on any atom is 0.346 e. The molecule has 0 aliphatic carbocycles. The maximum atomic E-state index is 13.3. The quantitative estimate of drug-likeness (QED) is 0.0785. The van der Waals surface area contributed by atoms with Crippen molar-refractivity contribution in [3.8, 4) is 23.0 Å². The molecule has 9 nitrogen and oxygen atoms in total. The Morgan fingerprint density at radius 2 is 1.10 bits per heavy atom. The Labute approximate surface area is 348 Å². The number of carbonyl (C=O) groups is 2. The molecule has 60 heavy (non-hydrogen) atoms. The molecule has 2 aromatic heterocycles. The topological polar surface area (TPSA) is 106 Å². The van der Waals surface area contributed by atoms with Gasteiger partial charge in [-0.05, 0) is 116 Å². The summed E-state index contributed by atoms with van der Waals surface area (Å²) in [5.41, 5.74) is 7.93. The molecule has 9 heteroatoms. The van der Waals surface area contributed by atoms with Crippen molar-refractivity contribution in [3.05, 3.63) is 202 Å². The molecule has 0 radical (unpaired) electrons. The largest absolute Gasteiger partial charge is 0.489 e. The van der Waals surface area contributed by atoms with Crippen LogP contribution in [0.15, 0.2) is 152 Å². The predicted octanol–water partition coefficient (Wildman–Crippen LogP) is 11.0. The van der Waals surface area contributed by atoms with Gasteiger partial charge in [0.05, 0.1) is 33.5 Å². The molecule has 0 aliphatic rings. The summed E-state index contributed by atoms with van der Waals surface area (Å²) >= 11 is 0. The smallest absolute Gasteiger partial charge is 0.346 e. The Kier molecular flexibility index (Phi) is 11.8. The number of rotatable bonds is 14. The predicted molar refractivity (Wildman–Crippen MR) is 231 cm³/mol. The highest BCUT2D eigenvalue weighted by Gasteiger charge is 2.19. The van der Waals surface area contributed by atoms with Gasteiger partial charge in [-0.1, -0.05) is 78.9 Å². The summed E-state index contributed by atoms with van der Waals surface area (Å²) in [5, 5.41) is 2.16. The molecule has 6 aromatic carbocycles. The van der Waals surface area contributed by atoms with Gasteiger partial charge in [0.2, 0.25) is 0 Å². The fourth-order valence-electron chi connectivity index (χ4n) is 6.83. The van der Waals surface area contributed by atoms with Gasteiger partial charge >= 0.3 is 11.9 Å². The number of fused-ring (bicyclic) bond motifs is 2. The van der Waals surface area contributed by atoms with Crippen molar-refractivity contribution >= 4 is 33.7 Å². The van der Waals surface area contributed by atoms with Crippen molar-refractivity contribution in [2.45, 2.75) is 47.2 Å². The zero-order valence-corrected chi connectivity index (χ0v) is 33.5. The van der Waals surface area contributed by atoms with E-state index in [-0.39, 0.29) is 24.3 Å². The normalized spacial score (nSPS) is 11.0. The molecule has 0 aliphatic heterocycles. The Morgan fingerprint density at radius 3 is 1.80 bits per heavy atom. The van der Waals surface area contributed by atoms with E-state index in [1.54, 1.807) is 30.3 Å². The van der Waals surface area contributed by atoms with Crippen molar-refractivity contribution in [2.24, 2.45) is 0 Å². The number of pyridine rings is 2. The molecular formula is C51H42N2O7. The second-order valence-corrected chi connectivity index (χ2v) is 14.4. The zero-order valence-electron chi connectivity index (χ0n) is 33.5.